The van der Waals surface area contributed by atoms with Gasteiger partial charge in [0, 0.05) is 23.6 Å². The van der Waals surface area contributed by atoms with E-state index < -0.39 is 0 Å². The van der Waals surface area contributed by atoms with Gasteiger partial charge in [-0.1, -0.05) is 15.9 Å². The van der Waals surface area contributed by atoms with Crippen molar-refractivity contribution in [2.24, 2.45) is 0 Å². The van der Waals surface area contributed by atoms with Crippen LogP contribution in [0, 0.1) is 0 Å². The van der Waals surface area contributed by atoms with Crippen LogP contribution >= 0.6 is 15.9 Å². The molecular weight excluding hydrogens is 296 g/mol. The lowest BCUT2D eigenvalue weighted by molar-refractivity contribution is 0.174. The molecule has 0 aromatic heterocycles. The van der Waals surface area contributed by atoms with Gasteiger partial charge < -0.3 is 19.7 Å². The maximum atomic E-state index is 5.39. The second-order valence-electron chi connectivity index (χ2n) is 4.84. The minimum Gasteiger partial charge on any atom is -0.454 e. The fourth-order valence-electron chi connectivity index (χ4n) is 1.99. The highest BCUT2D eigenvalue weighted by Crippen LogP contribution is 2.36. The predicted molar refractivity (Wildman–Crippen MR) is 75.1 cm³/mol. The van der Waals surface area contributed by atoms with Crippen molar-refractivity contribution in [2.45, 2.75) is 19.5 Å². The number of hydrogen-bond donors (Lipinski definition) is 1. The Morgan fingerprint density at radius 1 is 1.33 bits per heavy atom. The molecule has 1 aromatic carbocycles. The molecule has 1 heterocycles. The minimum absolute atomic E-state index is 0.315. The van der Waals surface area contributed by atoms with Gasteiger partial charge in [-0.15, -0.1) is 0 Å². The highest BCUT2D eigenvalue weighted by Gasteiger charge is 2.16. The summed E-state index contributed by atoms with van der Waals surface area (Å²) in [4.78, 5) is 2.17. The second-order valence-corrected chi connectivity index (χ2v) is 5.70. The van der Waals surface area contributed by atoms with Crippen LogP contribution in [0.5, 0.6) is 11.5 Å². The number of nitrogens with one attached hydrogen (secondary N) is 1. The summed E-state index contributed by atoms with van der Waals surface area (Å²) >= 11 is 3.56. The molecule has 0 bridgehead atoms. The summed E-state index contributed by atoms with van der Waals surface area (Å²) in [6.45, 7) is 4.32. The van der Waals surface area contributed by atoms with Gasteiger partial charge in [0.1, 0.15) is 0 Å². The minimum atomic E-state index is 0.315. The maximum absolute atomic E-state index is 5.39. The molecular formula is C13H19BrN2O2. The molecule has 0 spiro atoms. The van der Waals surface area contributed by atoms with E-state index in [1.807, 2.05) is 12.1 Å². The van der Waals surface area contributed by atoms with E-state index in [9.17, 15) is 0 Å². The quantitative estimate of drug-likeness (QED) is 0.903. The first-order chi connectivity index (χ1) is 8.56. The van der Waals surface area contributed by atoms with E-state index in [4.69, 9.17) is 9.47 Å². The van der Waals surface area contributed by atoms with Crippen LogP contribution in [-0.2, 0) is 6.54 Å². The number of fused-ring (bicyclic) bond motifs is 1. The number of ether oxygens (including phenoxy) is 2. The smallest absolute Gasteiger partial charge is 0.231 e. The maximum Gasteiger partial charge on any atom is 0.231 e. The number of nitrogens with zero attached hydrogens (tertiary/aromatic N) is 1. The molecule has 5 heteroatoms. The van der Waals surface area contributed by atoms with Gasteiger partial charge >= 0.3 is 0 Å². The Morgan fingerprint density at radius 2 is 2.00 bits per heavy atom. The van der Waals surface area contributed by atoms with E-state index in [2.05, 4.69) is 47.2 Å². The van der Waals surface area contributed by atoms with Crippen LogP contribution in [0.25, 0.3) is 0 Å². The average Bonchev–Trinajstić information content (AvgIpc) is 2.71. The number of hydrogen-bond acceptors (Lipinski definition) is 4. The van der Waals surface area contributed by atoms with Gasteiger partial charge in [-0.25, -0.2) is 0 Å². The first-order valence-corrected chi connectivity index (χ1v) is 6.81. The van der Waals surface area contributed by atoms with E-state index in [1.165, 1.54) is 5.56 Å². The monoisotopic (exact) mass is 314 g/mol. The molecule has 1 aliphatic heterocycles. The summed E-state index contributed by atoms with van der Waals surface area (Å²) < 4.78 is 11.8. The number of rotatable bonds is 5. The van der Waals surface area contributed by atoms with Crippen LogP contribution in [-0.4, -0.2) is 38.4 Å². The Kier molecular flexibility index (Phi) is 4.48. The normalized spacial score (nSPS) is 15.2. The summed E-state index contributed by atoms with van der Waals surface area (Å²) in [6.07, 6.45) is 0. The van der Waals surface area contributed by atoms with Crippen LogP contribution in [0.1, 0.15) is 12.5 Å². The summed E-state index contributed by atoms with van der Waals surface area (Å²) in [7, 11) is 4.16. The third-order valence-corrected chi connectivity index (χ3v) is 3.56. The van der Waals surface area contributed by atoms with Gasteiger partial charge in [0.15, 0.2) is 11.5 Å². The van der Waals surface area contributed by atoms with Crippen molar-refractivity contribution in [3.05, 3.63) is 22.2 Å². The SMILES string of the molecule is CC(CN(C)C)NCc1cc2c(cc1Br)OCO2. The van der Waals surface area contributed by atoms with Crippen molar-refractivity contribution in [2.75, 3.05) is 27.4 Å². The lowest BCUT2D eigenvalue weighted by atomic mass is 10.2. The van der Waals surface area contributed by atoms with E-state index >= 15 is 0 Å². The molecule has 1 N–H and O–H groups in total. The van der Waals surface area contributed by atoms with Gasteiger partial charge in [-0.2, -0.15) is 0 Å². The molecule has 0 radical (unpaired) electrons. The molecule has 1 aliphatic rings. The highest BCUT2D eigenvalue weighted by atomic mass is 79.9. The standard InChI is InChI=1S/C13H19BrN2O2/c1-9(7-16(2)3)15-6-10-4-12-13(5-11(10)14)18-8-17-12/h4-5,9,15H,6-8H2,1-3H3. The van der Waals surface area contributed by atoms with Crippen molar-refractivity contribution in [1.82, 2.24) is 10.2 Å². The first kappa shape index (κ1) is 13.6. The third kappa shape index (κ3) is 3.37. The Hall–Kier alpha value is -0.780. The van der Waals surface area contributed by atoms with Gasteiger partial charge in [-0.3, -0.25) is 0 Å². The third-order valence-electron chi connectivity index (χ3n) is 2.82. The second kappa shape index (κ2) is 5.91. The molecule has 0 fully saturated rings. The zero-order valence-corrected chi connectivity index (χ0v) is 12.6. The largest absolute Gasteiger partial charge is 0.454 e. The highest BCUT2D eigenvalue weighted by molar-refractivity contribution is 9.10. The molecule has 0 saturated heterocycles. The van der Waals surface area contributed by atoms with E-state index in [1.54, 1.807) is 0 Å². The lowest BCUT2D eigenvalue weighted by Gasteiger charge is -2.18. The zero-order chi connectivity index (χ0) is 13.1. The van der Waals surface area contributed by atoms with Crippen molar-refractivity contribution in [3.8, 4) is 11.5 Å². The van der Waals surface area contributed by atoms with Crippen LogP contribution in [0.2, 0.25) is 0 Å². The molecule has 1 aromatic rings. The molecule has 0 amide bonds. The van der Waals surface area contributed by atoms with Gasteiger partial charge in [0.05, 0.1) is 0 Å². The van der Waals surface area contributed by atoms with Crippen molar-refractivity contribution < 1.29 is 9.47 Å². The summed E-state index contributed by atoms with van der Waals surface area (Å²) in [5, 5.41) is 3.49. The topological polar surface area (TPSA) is 33.7 Å². The summed E-state index contributed by atoms with van der Waals surface area (Å²) in [5.74, 6) is 1.64. The number of halogens is 1. The first-order valence-electron chi connectivity index (χ1n) is 6.02. The molecule has 1 unspecified atom stereocenters. The molecule has 18 heavy (non-hydrogen) atoms. The van der Waals surface area contributed by atoms with Crippen LogP contribution in [0.15, 0.2) is 16.6 Å². The Balaban J connectivity index is 1.97. The van der Waals surface area contributed by atoms with E-state index in [0.29, 0.717) is 12.8 Å². The number of benzene rings is 1. The predicted octanol–water partition coefficient (Wildman–Crippen LogP) is 2.22. The molecule has 2 rings (SSSR count). The Bertz CT molecular complexity index is 424. The van der Waals surface area contributed by atoms with Gasteiger partial charge in [-0.05, 0) is 38.7 Å². The average molecular weight is 315 g/mol. The van der Waals surface area contributed by atoms with E-state index in [-0.39, 0.29) is 0 Å². The van der Waals surface area contributed by atoms with Crippen LogP contribution in [0.3, 0.4) is 0 Å². The zero-order valence-electron chi connectivity index (χ0n) is 11.0. The van der Waals surface area contributed by atoms with Crippen molar-refractivity contribution in [1.29, 1.82) is 0 Å². The molecule has 100 valence electrons. The lowest BCUT2D eigenvalue weighted by Crippen LogP contribution is -2.35. The molecule has 4 nitrogen and oxygen atoms in total. The molecule has 0 saturated carbocycles. The fraction of sp³-hybridized carbons (Fsp3) is 0.538. The van der Waals surface area contributed by atoms with Crippen LogP contribution in [0.4, 0.5) is 0 Å². The van der Waals surface area contributed by atoms with Gasteiger partial charge in [0.2, 0.25) is 6.79 Å². The Morgan fingerprint density at radius 3 is 2.67 bits per heavy atom. The van der Waals surface area contributed by atoms with Crippen LogP contribution < -0.4 is 14.8 Å². The summed E-state index contributed by atoms with van der Waals surface area (Å²) in [5.41, 5.74) is 1.19. The van der Waals surface area contributed by atoms with Gasteiger partial charge in [0.25, 0.3) is 0 Å². The van der Waals surface area contributed by atoms with Crippen molar-refractivity contribution in [3.63, 3.8) is 0 Å². The molecule has 0 aliphatic carbocycles. The Labute approximate surface area is 116 Å². The number of likely N-dealkylation sites (N-methyl/N-ethyl adjacent to an activating group) is 1. The molecule has 1 atom stereocenters. The summed E-state index contributed by atoms with van der Waals surface area (Å²) in [6, 6.07) is 4.44. The fourth-order valence-corrected chi connectivity index (χ4v) is 2.45. The van der Waals surface area contributed by atoms with Crippen molar-refractivity contribution >= 4 is 15.9 Å². The van der Waals surface area contributed by atoms with E-state index in [0.717, 1.165) is 29.1 Å².